The number of hydrogen-bond acceptors (Lipinski definition) is 6. The molecule has 0 aliphatic heterocycles. The van der Waals surface area contributed by atoms with E-state index in [0.29, 0.717) is 24.7 Å². The molecule has 9 nitrogen and oxygen atoms in total. The highest BCUT2D eigenvalue weighted by atomic mass is 16.4. The van der Waals surface area contributed by atoms with E-state index in [-0.39, 0.29) is 12.3 Å². The van der Waals surface area contributed by atoms with E-state index in [2.05, 4.69) is 25.6 Å². The maximum Gasteiger partial charge on any atom is 0.265 e. The Kier molecular flexibility index (Phi) is 4.64. The second kappa shape index (κ2) is 7.26. The third-order valence-corrected chi connectivity index (χ3v) is 4.58. The fourth-order valence-electron chi connectivity index (χ4n) is 3.11. The maximum absolute atomic E-state index is 12.2. The summed E-state index contributed by atoms with van der Waals surface area (Å²) in [5, 5.41) is 15.2. The summed E-state index contributed by atoms with van der Waals surface area (Å²) in [6, 6.07) is 9.75. The van der Waals surface area contributed by atoms with Gasteiger partial charge in [0.2, 0.25) is 11.8 Å². The van der Waals surface area contributed by atoms with Gasteiger partial charge in [0.05, 0.1) is 23.3 Å². The Balaban J connectivity index is 1.33. The monoisotopic (exact) mass is 379 g/mol. The first-order valence-corrected chi connectivity index (χ1v) is 9.01. The molecule has 1 aromatic carbocycles. The van der Waals surface area contributed by atoms with Gasteiger partial charge in [0, 0.05) is 26.9 Å². The molecule has 0 aliphatic carbocycles. The van der Waals surface area contributed by atoms with E-state index in [1.807, 2.05) is 55.9 Å². The SMILES string of the molecule is Cc1cc(-c2nnc(CCC(=O)NCc3nc4ccccc4n3C)o2)n(C)n1. The van der Waals surface area contributed by atoms with Gasteiger partial charge in [-0.05, 0) is 25.1 Å². The van der Waals surface area contributed by atoms with Crippen LogP contribution in [-0.2, 0) is 31.9 Å². The van der Waals surface area contributed by atoms with Gasteiger partial charge in [0.15, 0.2) is 0 Å². The van der Waals surface area contributed by atoms with E-state index in [9.17, 15) is 4.79 Å². The molecular weight excluding hydrogens is 358 g/mol. The molecule has 4 aromatic rings. The molecule has 0 bridgehead atoms. The fraction of sp³-hybridized carbons (Fsp3) is 0.316. The standard InChI is InChI=1S/C19H21N7O2/c1-12-10-15(26(3)24-12)19-23-22-18(28-19)9-8-17(27)20-11-16-21-13-6-4-5-7-14(13)25(16)2/h4-7,10H,8-9,11H2,1-3H3,(H,20,27). The van der Waals surface area contributed by atoms with Gasteiger partial charge >= 0.3 is 0 Å². The topological polar surface area (TPSA) is 104 Å². The first-order chi connectivity index (χ1) is 13.5. The number of nitrogens with zero attached hydrogens (tertiary/aromatic N) is 6. The molecule has 0 spiro atoms. The summed E-state index contributed by atoms with van der Waals surface area (Å²) in [6.45, 7) is 2.27. The van der Waals surface area contributed by atoms with Crippen LogP contribution in [-0.4, -0.2) is 35.4 Å². The van der Waals surface area contributed by atoms with Crippen LogP contribution in [0.15, 0.2) is 34.7 Å². The molecule has 0 unspecified atom stereocenters. The number of aromatic nitrogens is 6. The first kappa shape index (κ1) is 17.9. The Morgan fingerprint density at radius 3 is 2.79 bits per heavy atom. The van der Waals surface area contributed by atoms with E-state index in [4.69, 9.17) is 4.42 Å². The molecule has 3 heterocycles. The minimum absolute atomic E-state index is 0.0943. The number of aryl methyl sites for hydroxylation is 4. The molecule has 1 N–H and O–H groups in total. The summed E-state index contributed by atoms with van der Waals surface area (Å²) in [5.41, 5.74) is 3.58. The number of benzene rings is 1. The summed E-state index contributed by atoms with van der Waals surface area (Å²) < 4.78 is 9.33. The van der Waals surface area contributed by atoms with Crippen molar-refractivity contribution in [3.05, 3.63) is 47.7 Å². The van der Waals surface area contributed by atoms with E-state index in [1.54, 1.807) is 4.68 Å². The molecule has 0 aliphatic rings. The maximum atomic E-state index is 12.2. The second-order valence-corrected chi connectivity index (χ2v) is 6.65. The van der Waals surface area contributed by atoms with Gasteiger partial charge in [-0.2, -0.15) is 5.10 Å². The van der Waals surface area contributed by atoms with Crippen LogP contribution in [0.25, 0.3) is 22.6 Å². The molecule has 9 heteroatoms. The smallest absolute Gasteiger partial charge is 0.265 e. The average Bonchev–Trinajstić information content (AvgIpc) is 3.36. The van der Waals surface area contributed by atoms with Crippen LogP contribution < -0.4 is 5.32 Å². The predicted molar refractivity (Wildman–Crippen MR) is 102 cm³/mol. The summed E-state index contributed by atoms with van der Waals surface area (Å²) in [6.07, 6.45) is 0.633. The lowest BCUT2D eigenvalue weighted by atomic mass is 10.3. The van der Waals surface area contributed by atoms with Gasteiger partial charge in [0.1, 0.15) is 11.5 Å². The quantitative estimate of drug-likeness (QED) is 0.549. The lowest BCUT2D eigenvalue weighted by molar-refractivity contribution is -0.121. The second-order valence-electron chi connectivity index (χ2n) is 6.65. The fourth-order valence-corrected chi connectivity index (χ4v) is 3.11. The molecule has 28 heavy (non-hydrogen) atoms. The van der Waals surface area contributed by atoms with Crippen LogP contribution in [0.4, 0.5) is 0 Å². The molecular formula is C19H21N7O2. The van der Waals surface area contributed by atoms with Gasteiger partial charge in [0.25, 0.3) is 5.89 Å². The number of fused-ring (bicyclic) bond motifs is 1. The molecule has 0 radical (unpaired) electrons. The molecule has 0 atom stereocenters. The predicted octanol–water partition coefficient (Wildman–Crippen LogP) is 1.91. The summed E-state index contributed by atoms with van der Waals surface area (Å²) >= 11 is 0. The highest BCUT2D eigenvalue weighted by Crippen LogP contribution is 2.18. The molecule has 0 saturated heterocycles. The minimum atomic E-state index is -0.0943. The Morgan fingerprint density at radius 1 is 1.21 bits per heavy atom. The number of carbonyl (C=O) groups excluding carboxylic acids is 1. The zero-order valence-electron chi connectivity index (χ0n) is 16.0. The van der Waals surface area contributed by atoms with Crippen molar-refractivity contribution in [3.8, 4) is 11.6 Å². The average molecular weight is 379 g/mol. The molecule has 3 aromatic heterocycles. The number of carbonyl (C=O) groups is 1. The van der Waals surface area contributed by atoms with Crippen LogP contribution in [0.2, 0.25) is 0 Å². The lowest BCUT2D eigenvalue weighted by Gasteiger charge is -2.04. The first-order valence-electron chi connectivity index (χ1n) is 9.01. The van der Waals surface area contributed by atoms with Crippen LogP contribution in [0.1, 0.15) is 23.8 Å². The van der Waals surface area contributed by atoms with E-state index >= 15 is 0 Å². The number of rotatable bonds is 6. The van der Waals surface area contributed by atoms with Crippen LogP contribution in [0.5, 0.6) is 0 Å². The van der Waals surface area contributed by atoms with Crippen LogP contribution >= 0.6 is 0 Å². The van der Waals surface area contributed by atoms with Crippen molar-refractivity contribution in [2.45, 2.75) is 26.3 Å². The number of hydrogen-bond donors (Lipinski definition) is 1. The number of nitrogens with one attached hydrogen (secondary N) is 1. The van der Waals surface area contributed by atoms with Gasteiger partial charge in [-0.25, -0.2) is 4.98 Å². The normalized spacial score (nSPS) is 11.2. The third-order valence-electron chi connectivity index (χ3n) is 4.58. The molecule has 4 rings (SSSR count). The molecule has 0 saturated carbocycles. The summed E-state index contributed by atoms with van der Waals surface area (Å²) in [4.78, 5) is 16.7. The Morgan fingerprint density at radius 2 is 2.04 bits per heavy atom. The number of amides is 1. The summed E-state index contributed by atoms with van der Waals surface area (Å²) in [5.74, 6) is 1.54. The highest BCUT2D eigenvalue weighted by Gasteiger charge is 2.14. The lowest BCUT2D eigenvalue weighted by Crippen LogP contribution is -2.24. The Hall–Kier alpha value is -3.49. The largest absolute Gasteiger partial charge is 0.419 e. The van der Waals surface area contributed by atoms with Gasteiger partial charge in [-0.1, -0.05) is 12.1 Å². The summed E-state index contributed by atoms with van der Waals surface area (Å²) in [7, 11) is 3.76. The molecule has 1 amide bonds. The van der Waals surface area contributed by atoms with Crippen LogP contribution in [0.3, 0.4) is 0 Å². The number of imidazole rings is 1. The molecule has 144 valence electrons. The van der Waals surface area contributed by atoms with Crippen molar-refractivity contribution in [3.63, 3.8) is 0 Å². The third kappa shape index (κ3) is 3.51. The Bertz CT molecular complexity index is 1140. The molecule has 0 fully saturated rings. The highest BCUT2D eigenvalue weighted by molar-refractivity contribution is 5.77. The number of para-hydroxylation sites is 2. The van der Waals surface area contributed by atoms with Crippen molar-refractivity contribution < 1.29 is 9.21 Å². The van der Waals surface area contributed by atoms with Crippen molar-refractivity contribution in [2.24, 2.45) is 14.1 Å². The van der Waals surface area contributed by atoms with Gasteiger partial charge < -0.3 is 14.3 Å². The van der Waals surface area contributed by atoms with E-state index in [0.717, 1.165) is 28.2 Å². The zero-order valence-corrected chi connectivity index (χ0v) is 16.0. The van der Waals surface area contributed by atoms with Crippen molar-refractivity contribution in [1.29, 1.82) is 0 Å². The Labute approximate surface area is 161 Å². The van der Waals surface area contributed by atoms with Crippen LogP contribution in [0, 0.1) is 6.92 Å². The van der Waals surface area contributed by atoms with Crippen molar-refractivity contribution >= 4 is 16.9 Å². The van der Waals surface area contributed by atoms with E-state index in [1.165, 1.54) is 0 Å². The van der Waals surface area contributed by atoms with Crippen molar-refractivity contribution in [1.82, 2.24) is 34.8 Å². The van der Waals surface area contributed by atoms with Crippen molar-refractivity contribution in [2.75, 3.05) is 0 Å². The van der Waals surface area contributed by atoms with Gasteiger partial charge in [-0.15, -0.1) is 10.2 Å². The van der Waals surface area contributed by atoms with E-state index < -0.39 is 0 Å². The van der Waals surface area contributed by atoms with Gasteiger partial charge in [-0.3, -0.25) is 9.48 Å². The minimum Gasteiger partial charge on any atom is -0.419 e. The zero-order chi connectivity index (χ0) is 19.7.